The van der Waals surface area contributed by atoms with Gasteiger partial charge in [-0.2, -0.15) is 13.2 Å². The number of anilines is 1. The second-order valence-corrected chi connectivity index (χ2v) is 6.28. The van der Waals surface area contributed by atoms with Gasteiger partial charge in [0.15, 0.2) is 0 Å². The van der Waals surface area contributed by atoms with Gasteiger partial charge in [-0.3, -0.25) is 4.99 Å². The standard InChI is InChI=1S/C17H11ClF4N2OS/c1-25-8-2-4-11(19)9(6-8)16-14-12(24-13(26)7-23-16)5-3-10(15(14)18)17(20,21)22/h2-6H,7H2,1H3,(H,24,26). The molecular weight excluding hydrogens is 392 g/mol. The third kappa shape index (κ3) is 3.39. The number of rotatable bonds is 2. The van der Waals surface area contributed by atoms with Gasteiger partial charge in [0.05, 0.1) is 30.0 Å². The highest BCUT2D eigenvalue weighted by atomic mass is 35.5. The van der Waals surface area contributed by atoms with Crippen LogP contribution in [0.25, 0.3) is 0 Å². The predicted molar refractivity (Wildman–Crippen MR) is 96.1 cm³/mol. The van der Waals surface area contributed by atoms with Crippen LogP contribution in [0.2, 0.25) is 5.02 Å². The highest BCUT2D eigenvalue weighted by molar-refractivity contribution is 7.80. The third-order valence-electron chi connectivity index (χ3n) is 3.77. The number of benzene rings is 2. The average molecular weight is 403 g/mol. The zero-order valence-corrected chi connectivity index (χ0v) is 14.8. The lowest BCUT2D eigenvalue weighted by Gasteiger charge is -2.17. The first-order valence-electron chi connectivity index (χ1n) is 7.30. The van der Waals surface area contributed by atoms with Crippen molar-refractivity contribution in [3.8, 4) is 5.75 Å². The molecule has 26 heavy (non-hydrogen) atoms. The van der Waals surface area contributed by atoms with Crippen molar-refractivity contribution in [2.24, 2.45) is 4.99 Å². The SMILES string of the molecule is COc1ccc(F)c(C2=NCC(=S)Nc3ccc(C(F)(F)F)c(Cl)c32)c1. The minimum Gasteiger partial charge on any atom is -0.497 e. The number of alkyl halides is 3. The summed E-state index contributed by atoms with van der Waals surface area (Å²) in [4.78, 5) is 4.48. The number of hydrogen-bond donors (Lipinski definition) is 1. The summed E-state index contributed by atoms with van der Waals surface area (Å²) in [6, 6.07) is 5.95. The van der Waals surface area contributed by atoms with Crippen LogP contribution in [0.5, 0.6) is 5.75 Å². The van der Waals surface area contributed by atoms with Crippen LogP contribution in [0.3, 0.4) is 0 Å². The fourth-order valence-corrected chi connectivity index (χ4v) is 3.12. The molecule has 0 saturated carbocycles. The van der Waals surface area contributed by atoms with Crippen molar-refractivity contribution in [1.82, 2.24) is 0 Å². The molecule has 0 spiro atoms. The van der Waals surface area contributed by atoms with E-state index in [1.54, 1.807) is 0 Å². The van der Waals surface area contributed by atoms with Gasteiger partial charge in [0.2, 0.25) is 0 Å². The maximum atomic E-state index is 14.4. The zero-order valence-electron chi connectivity index (χ0n) is 13.2. The molecule has 136 valence electrons. The van der Waals surface area contributed by atoms with E-state index in [1.807, 2.05) is 0 Å². The summed E-state index contributed by atoms with van der Waals surface area (Å²) < 4.78 is 59.3. The van der Waals surface area contributed by atoms with Gasteiger partial charge < -0.3 is 10.1 Å². The molecule has 0 aliphatic carbocycles. The highest BCUT2D eigenvalue weighted by Crippen LogP contribution is 2.41. The quantitative estimate of drug-likeness (QED) is 0.560. The van der Waals surface area contributed by atoms with Crippen molar-refractivity contribution in [1.29, 1.82) is 0 Å². The Bertz CT molecular complexity index is 928. The molecule has 0 unspecified atom stereocenters. The number of nitrogens with one attached hydrogen (secondary N) is 1. The molecule has 0 amide bonds. The van der Waals surface area contributed by atoms with Gasteiger partial charge in [-0.1, -0.05) is 23.8 Å². The normalized spacial score (nSPS) is 14.2. The average Bonchev–Trinajstić information content (AvgIpc) is 2.73. The van der Waals surface area contributed by atoms with Crippen LogP contribution < -0.4 is 10.1 Å². The van der Waals surface area contributed by atoms with E-state index < -0.39 is 22.6 Å². The molecule has 0 bridgehead atoms. The number of aliphatic imine (C=N–C) groups is 1. The van der Waals surface area contributed by atoms with Gasteiger partial charge in [0.1, 0.15) is 16.6 Å². The minimum absolute atomic E-state index is 0.0202. The zero-order chi connectivity index (χ0) is 19.1. The largest absolute Gasteiger partial charge is 0.497 e. The fourth-order valence-electron chi connectivity index (χ4n) is 2.58. The van der Waals surface area contributed by atoms with E-state index in [-0.39, 0.29) is 34.1 Å². The second-order valence-electron chi connectivity index (χ2n) is 5.41. The van der Waals surface area contributed by atoms with Gasteiger partial charge in [0, 0.05) is 16.8 Å². The summed E-state index contributed by atoms with van der Waals surface area (Å²) in [6.45, 7) is -0.0202. The molecule has 0 saturated heterocycles. The van der Waals surface area contributed by atoms with Gasteiger partial charge in [-0.15, -0.1) is 0 Å². The van der Waals surface area contributed by atoms with E-state index in [0.717, 1.165) is 12.1 Å². The van der Waals surface area contributed by atoms with Crippen LogP contribution >= 0.6 is 23.8 Å². The summed E-state index contributed by atoms with van der Waals surface area (Å²) in [5, 5.41) is 2.23. The smallest absolute Gasteiger partial charge is 0.417 e. The van der Waals surface area contributed by atoms with Gasteiger partial charge in [-0.25, -0.2) is 4.39 Å². The van der Waals surface area contributed by atoms with Crippen LogP contribution in [-0.4, -0.2) is 24.4 Å². The maximum Gasteiger partial charge on any atom is 0.417 e. The molecule has 1 aliphatic heterocycles. The molecule has 1 aliphatic rings. The van der Waals surface area contributed by atoms with E-state index in [2.05, 4.69) is 10.3 Å². The number of thiocarbonyl (C=S) groups is 1. The molecule has 3 rings (SSSR count). The summed E-state index contributed by atoms with van der Waals surface area (Å²) in [5.41, 5.74) is -0.929. The van der Waals surface area contributed by atoms with E-state index in [1.165, 1.54) is 25.3 Å². The Morgan fingerprint density at radius 1 is 1.23 bits per heavy atom. The Morgan fingerprint density at radius 3 is 2.62 bits per heavy atom. The van der Waals surface area contributed by atoms with E-state index in [9.17, 15) is 17.6 Å². The van der Waals surface area contributed by atoms with Crippen LogP contribution in [0.1, 0.15) is 16.7 Å². The molecule has 0 fully saturated rings. The van der Waals surface area contributed by atoms with E-state index >= 15 is 0 Å². The predicted octanol–water partition coefficient (Wildman–Crippen LogP) is 5.10. The van der Waals surface area contributed by atoms with Crippen LogP contribution in [-0.2, 0) is 6.18 Å². The molecule has 0 aromatic heterocycles. The first kappa shape index (κ1) is 18.6. The van der Waals surface area contributed by atoms with Crippen molar-refractivity contribution < 1.29 is 22.3 Å². The summed E-state index contributed by atoms with van der Waals surface area (Å²) in [7, 11) is 1.39. The van der Waals surface area contributed by atoms with Crippen molar-refractivity contribution in [2.45, 2.75) is 6.18 Å². The fraction of sp³-hybridized carbons (Fsp3) is 0.176. The van der Waals surface area contributed by atoms with Crippen LogP contribution in [0, 0.1) is 5.82 Å². The molecule has 9 heteroatoms. The molecule has 0 radical (unpaired) electrons. The number of ether oxygens (including phenoxy) is 1. The van der Waals surface area contributed by atoms with Crippen molar-refractivity contribution in [2.75, 3.05) is 19.0 Å². The molecule has 2 aromatic carbocycles. The van der Waals surface area contributed by atoms with E-state index in [0.29, 0.717) is 5.75 Å². The first-order valence-corrected chi connectivity index (χ1v) is 8.09. The van der Waals surface area contributed by atoms with Crippen molar-refractivity contribution >= 4 is 40.2 Å². The van der Waals surface area contributed by atoms with Gasteiger partial charge in [0.25, 0.3) is 0 Å². The molecular formula is C17H11ClF4N2OS. The Hall–Kier alpha value is -2.19. The molecule has 1 N–H and O–H groups in total. The number of benzodiazepines with no additional fused rings is 1. The minimum atomic E-state index is -4.67. The molecule has 3 nitrogen and oxygen atoms in total. The maximum absolute atomic E-state index is 14.4. The third-order valence-corrected chi connectivity index (χ3v) is 4.39. The molecule has 2 aromatic rings. The van der Waals surface area contributed by atoms with Crippen molar-refractivity contribution in [3.63, 3.8) is 0 Å². The summed E-state index contributed by atoms with van der Waals surface area (Å²) in [6.07, 6.45) is -4.67. The number of hydrogen-bond acceptors (Lipinski definition) is 3. The van der Waals surface area contributed by atoms with Crippen LogP contribution in [0.4, 0.5) is 23.2 Å². The Morgan fingerprint density at radius 2 is 1.96 bits per heavy atom. The summed E-state index contributed by atoms with van der Waals surface area (Å²) in [5.74, 6) is -0.342. The lowest BCUT2D eigenvalue weighted by atomic mass is 9.97. The van der Waals surface area contributed by atoms with Crippen molar-refractivity contribution in [3.05, 3.63) is 57.9 Å². The van der Waals surface area contributed by atoms with E-state index in [4.69, 9.17) is 28.6 Å². The van der Waals surface area contributed by atoms with Gasteiger partial charge in [-0.05, 0) is 30.3 Å². The lowest BCUT2D eigenvalue weighted by molar-refractivity contribution is -0.137. The monoisotopic (exact) mass is 402 g/mol. The highest BCUT2D eigenvalue weighted by Gasteiger charge is 2.36. The summed E-state index contributed by atoms with van der Waals surface area (Å²) >= 11 is 11.2. The number of halogens is 5. The second kappa shape index (κ2) is 6.85. The molecule has 0 atom stereocenters. The Labute approximate surface area is 156 Å². The van der Waals surface area contributed by atoms with Gasteiger partial charge >= 0.3 is 6.18 Å². The Balaban J connectivity index is 2.31. The number of nitrogens with zero attached hydrogens (tertiary/aromatic N) is 1. The number of methoxy groups -OCH3 is 1. The van der Waals surface area contributed by atoms with Crippen LogP contribution in [0.15, 0.2) is 35.3 Å². The Kier molecular flexibility index (Phi) is 4.90. The first-order chi connectivity index (χ1) is 12.2. The molecule has 1 heterocycles. The topological polar surface area (TPSA) is 33.6 Å². The number of fused-ring (bicyclic) bond motifs is 1. The lowest BCUT2D eigenvalue weighted by Crippen LogP contribution is -2.14.